The van der Waals surface area contributed by atoms with Gasteiger partial charge in [0.15, 0.2) is 11.5 Å². The van der Waals surface area contributed by atoms with Crippen molar-refractivity contribution in [2.45, 2.75) is 19.8 Å². The summed E-state index contributed by atoms with van der Waals surface area (Å²) in [6.07, 6.45) is 0. The maximum Gasteiger partial charge on any atom is 0.255 e. The van der Waals surface area contributed by atoms with Crippen molar-refractivity contribution in [1.82, 2.24) is 9.97 Å². The van der Waals surface area contributed by atoms with Gasteiger partial charge in [-0.05, 0) is 36.4 Å². The first-order valence-corrected chi connectivity index (χ1v) is 8.53. The lowest BCUT2D eigenvalue weighted by molar-refractivity contribution is 0.102. The molecule has 2 aromatic carbocycles. The zero-order valence-electron chi connectivity index (χ0n) is 13.2. The van der Waals surface area contributed by atoms with Gasteiger partial charge in [0.25, 0.3) is 5.91 Å². The number of carbonyl (C=O) groups excluding carboxylic acids is 1. The maximum absolute atomic E-state index is 12.4. The average Bonchev–Trinajstić information content (AvgIpc) is 3.20. The fourth-order valence-electron chi connectivity index (χ4n) is 2.47. The number of nitrogens with one attached hydrogen (secondary N) is 1. The Kier molecular flexibility index (Phi) is 3.54. The van der Waals surface area contributed by atoms with Crippen molar-refractivity contribution in [2.75, 3.05) is 5.32 Å². The van der Waals surface area contributed by atoms with E-state index in [-0.39, 0.29) is 11.8 Å². The van der Waals surface area contributed by atoms with Crippen LogP contribution in [-0.2, 0) is 0 Å². The molecule has 0 aliphatic heterocycles. The lowest BCUT2D eigenvalue weighted by Crippen LogP contribution is -2.11. The van der Waals surface area contributed by atoms with Crippen LogP contribution in [0.4, 0.5) is 5.69 Å². The Morgan fingerprint density at radius 2 is 2.04 bits per heavy atom. The molecule has 2 heterocycles. The Labute approximate surface area is 142 Å². The first kappa shape index (κ1) is 14.8. The number of hydrogen-bond acceptors (Lipinski definition) is 5. The lowest BCUT2D eigenvalue weighted by Gasteiger charge is -2.05. The topological polar surface area (TPSA) is 68.0 Å². The third kappa shape index (κ3) is 2.65. The third-order valence-electron chi connectivity index (χ3n) is 3.75. The number of carbonyl (C=O) groups is 1. The summed E-state index contributed by atoms with van der Waals surface area (Å²) in [5.41, 5.74) is 5.34. The zero-order valence-corrected chi connectivity index (χ0v) is 14.1. The van der Waals surface area contributed by atoms with Gasteiger partial charge in [-0.2, -0.15) is 0 Å². The number of amides is 1. The minimum Gasteiger partial charge on any atom is -0.440 e. The number of rotatable bonds is 3. The van der Waals surface area contributed by atoms with E-state index in [0.29, 0.717) is 17.1 Å². The highest BCUT2D eigenvalue weighted by Gasteiger charge is 2.12. The molecule has 6 heteroatoms. The number of fused-ring (bicyclic) bond motifs is 2. The summed E-state index contributed by atoms with van der Waals surface area (Å²) in [6, 6.07) is 11.0. The van der Waals surface area contributed by atoms with Crippen LogP contribution < -0.4 is 5.32 Å². The molecule has 4 rings (SSSR count). The Bertz CT molecular complexity index is 1050. The summed E-state index contributed by atoms with van der Waals surface area (Å²) in [4.78, 5) is 21.2. The van der Waals surface area contributed by atoms with Crippen molar-refractivity contribution in [1.29, 1.82) is 0 Å². The summed E-state index contributed by atoms with van der Waals surface area (Å²) in [5, 5.41) is 2.90. The van der Waals surface area contributed by atoms with Crippen molar-refractivity contribution in [3.63, 3.8) is 0 Å². The molecule has 0 atom stereocenters. The molecule has 5 nitrogen and oxygen atoms in total. The Morgan fingerprint density at radius 3 is 2.88 bits per heavy atom. The van der Waals surface area contributed by atoms with Crippen molar-refractivity contribution in [2.24, 2.45) is 0 Å². The van der Waals surface area contributed by atoms with Gasteiger partial charge in [0.05, 0.1) is 15.7 Å². The third-order valence-corrected chi connectivity index (χ3v) is 4.56. The molecule has 0 fully saturated rings. The number of aromatic nitrogens is 2. The van der Waals surface area contributed by atoms with Gasteiger partial charge >= 0.3 is 0 Å². The Balaban J connectivity index is 1.61. The van der Waals surface area contributed by atoms with Crippen molar-refractivity contribution in [3.05, 3.63) is 53.4 Å². The van der Waals surface area contributed by atoms with Crippen LogP contribution in [0.15, 0.2) is 46.3 Å². The Morgan fingerprint density at radius 1 is 1.17 bits per heavy atom. The number of oxazole rings is 1. The quantitative estimate of drug-likeness (QED) is 0.582. The second kappa shape index (κ2) is 5.72. The van der Waals surface area contributed by atoms with Gasteiger partial charge < -0.3 is 9.73 Å². The number of hydrogen-bond donors (Lipinski definition) is 1. The lowest BCUT2D eigenvalue weighted by atomic mass is 10.2. The minimum absolute atomic E-state index is 0.170. The summed E-state index contributed by atoms with van der Waals surface area (Å²) in [6.45, 7) is 4.06. The van der Waals surface area contributed by atoms with E-state index in [1.807, 2.05) is 38.1 Å². The molecule has 0 saturated carbocycles. The predicted molar refractivity (Wildman–Crippen MR) is 95.7 cm³/mol. The summed E-state index contributed by atoms with van der Waals surface area (Å²) in [7, 11) is 0. The second-order valence-electron chi connectivity index (χ2n) is 5.88. The molecule has 0 spiro atoms. The van der Waals surface area contributed by atoms with Crippen LogP contribution in [0.25, 0.3) is 21.3 Å². The van der Waals surface area contributed by atoms with Crippen molar-refractivity contribution < 1.29 is 9.21 Å². The monoisotopic (exact) mass is 337 g/mol. The molecule has 4 aromatic rings. The van der Waals surface area contributed by atoms with Crippen LogP contribution in [0, 0.1) is 0 Å². The van der Waals surface area contributed by atoms with Crippen LogP contribution in [0.2, 0.25) is 0 Å². The molecule has 0 bridgehead atoms. The molecular weight excluding hydrogens is 322 g/mol. The van der Waals surface area contributed by atoms with E-state index < -0.39 is 0 Å². The molecule has 1 N–H and O–H groups in total. The van der Waals surface area contributed by atoms with Crippen LogP contribution >= 0.6 is 11.3 Å². The highest BCUT2D eigenvalue weighted by Crippen LogP contribution is 2.24. The highest BCUT2D eigenvalue weighted by molar-refractivity contribution is 7.16. The minimum atomic E-state index is -0.170. The molecule has 24 heavy (non-hydrogen) atoms. The van der Waals surface area contributed by atoms with Gasteiger partial charge in [-0.25, -0.2) is 9.97 Å². The SMILES string of the molecule is CC(C)c1nc2cc(NC(=O)c3ccc4scnc4c3)ccc2o1. The Hall–Kier alpha value is -2.73. The maximum atomic E-state index is 12.4. The van der Waals surface area contributed by atoms with Gasteiger partial charge in [-0.3, -0.25) is 4.79 Å². The number of anilines is 1. The molecule has 1 amide bonds. The molecule has 0 aliphatic carbocycles. The van der Waals surface area contributed by atoms with Crippen LogP contribution in [-0.4, -0.2) is 15.9 Å². The predicted octanol–water partition coefficient (Wildman–Crippen LogP) is 4.81. The molecule has 2 aromatic heterocycles. The van der Waals surface area contributed by atoms with E-state index in [0.717, 1.165) is 21.3 Å². The van der Waals surface area contributed by atoms with Gasteiger partial charge in [0.1, 0.15) is 5.52 Å². The number of nitrogens with zero attached hydrogens (tertiary/aromatic N) is 2. The fourth-order valence-corrected chi connectivity index (χ4v) is 3.13. The normalized spacial score (nSPS) is 11.5. The highest BCUT2D eigenvalue weighted by atomic mass is 32.1. The molecule has 0 saturated heterocycles. The second-order valence-corrected chi connectivity index (χ2v) is 6.76. The van der Waals surface area contributed by atoms with E-state index in [9.17, 15) is 4.79 Å². The van der Waals surface area contributed by atoms with Crippen LogP contribution in [0.1, 0.15) is 36.0 Å². The van der Waals surface area contributed by atoms with E-state index >= 15 is 0 Å². The first-order chi connectivity index (χ1) is 11.6. The smallest absolute Gasteiger partial charge is 0.255 e. The van der Waals surface area contributed by atoms with Gasteiger partial charge in [0.2, 0.25) is 0 Å². The zero-order chi connectivity index (χ0) is 16.7. The van der Waals surface area contributed by atoms with Crippen molar-refractivity contribution >= 4 is 44.2 Å². The fraction of sp³-hybridized carbons (Fsp3) is 0.167. The average molecular weight is 337 g/mol. The van der Waals surface area contributed by atoms with Crippen LogP contribution in [0.5, 0.6) is 0 Å². The standard InChI is InChI=1S/C18H15N3O2S/c1-10(2)18-21-13-8-12(4-5-15(13)23-18)20-17(22)11-3-6-16-14(7-11)19-9-24-16/h3-10H,1-2H3,(H,20,22). The summed E-state index contributed by atoms with van der Waals surface area (Å²) < 4.78 is 6.75. The largest absolute Gasteiger partial charge is 0.440 e. The molecule has 0 aliphatic rings. The van der Waals surface area contributed by atoms with Gasteiger partial charge in [-0.1, -0.05) is 13.8 Å². The van der Waals surface area contributed by atoms with Crippen molar-refractivity contribution in [3.8, 4) is 0 Å². The molecule has 0 radical (unpaired) electrons. The summed E-state index contributed by atoms with van der Waals surface area (Å²) in [5.74, 6) is 0.750. The van der Waals surface area contributed by atoms with Crippen LogP contribution in [0.3, 0.4) is 0 Å². The van der Waals surface area contributed by atoms with E-state index in [1.165, 1.54) is 0 Å². The van der Waals surface area contributed by atoms with E-state index in [4.69, 9.17) is 4.42 Å². The number of benzene rings is 2. The van der Waals surface area contributed by atoms with Gasteiger partial charge in [-0.15, -0.1) is 11.3 Å². The number of thiazole rings is 1. The van der Waals surface area contributed by atoms with E-state index in [2.05, 4.69) is 15.3 Å². The summed E-state index contributed by atoms with van der Waals surface area (Å²) >= 11 is 1.56. The molecule has 120 valence electrons. The molecular formula is C18H15N3O2S. The van der Waals surface area contributed by atoms with E-state index in [1.54, 1.807) is 29.0 Å². The molecule has 0 unspecified atom stereocenters. The first-order valence-electron chi connectivity index (χ1n) is 7.65. The van der Waals surface area contributed by atoms with Gasteiger partial charge in [0, 0.05) is 17.2 Å².